The summed E-state index contributed by atoms with van der Waals surface area (Å²) in [7, 11) is 0. The van der Waals surface area contributed by atoms with Crippen LogP contribution in [0.4, 0.5) is 4.39 Å². The zero-order valence-corrected chi connectivity index (χ0v) is 9.20. The van der Waals surface area contributed by atoms with Crippen molar-refractivity contribution in [2.45, 2.75) is 13.0 Å². The van der Waals surface area contributed by atoms with Gasteiger partial charge < -0.3 is 0 Å². The van der Waals surface area contributed by atoms with Gasteiger partial charge in [0.05, 0.1) is 6.04 Å². The van der Waals surface area contributed by atoms with Crippen molar-refractivity contribution in [2.24, 2.45) is 5.84 Å². The van der Waals surface area contributed by atoms with Crippen molar-refractivity contribution in [2.75, 3.05) is 12.0 Å². The van der Waals surface area contributed by atoms with Crippen LogP contribution >= 0.6 is 11.8 Å². The molecule has 0 aliphatic rings. The van der Waals surface area contributed by atoms with Gasteiger partial charge in [0.1, 0.15) is 5.82 Å². The van der Waals surface area contributed by atoms with Crippen molar-refractivity contribution >= 4 is 11.8 Å². The van der Waals surface area contributed by atoms with E-state index in [1.807, 2.05) is 12.3 Å². The number of rotatable bonds is 4. The summed E-state index contributed by atoms with van der Waals surface area (Å²) in [5.74, 6) is 6.05. The first kappa shape index (κ1) is 11.5. The normalized spacial score (nSPS) is 12.9. The van der Waals surface area contributed by atoms with E-state index in [9.17, 15) is 4.39 Å². The number of nitrogens with two attached hydrogens (primary N) is 1. The lowest BCUT2D eigenvalue weighted by Crippen LogP contribution is -2.29. The van der Waals surface area contributed by atoms with E-state index in [-0.39, 0.29) is 11.9 Å². The van der Waals surface area contributed by atoms with Gasteiger partial charge in [-0.15, -0.1) is 0 Å². The quantitative estimate of drug-likeness (QED) is 0.594. The highest BCUT2D eigenvalue weighted by Crippen LogP contribution is 2.18. The van der Waals surface area contributed by atoms with Gasteiger partial charge in [-0.05, 0) is 30.4 Å². The van der Waals surface area contributed by atoms with Crippen LogP contribution in [0.3, 0.4) is 0 Å². The van der Waals surface area contributed by atoms with E-state index in [4.69, 9.17) is 5.84 Å². The number of halogens is 1. The predicted octanol–water partition coefficient (Wildman–Crippen LogP) is 2.00. The van der Waals surface area contributed by atoms with Crippen LogP contribution < -0.4 is 11.3 Å². The second-order valence-corrected chi connectivity index (χ2v) is 4.09. The summed E-state index contributed by atoms with van der Waals surface area (Å²) in [6.45, 7) is 1.75. The Morgan fingerprint density at radius 3 is 2.79 bits per heavy atom. The zero-order chi connectivity index (χ0) is 10.6. The summed E-state index contributed by atoms with van der Waals surface area (Å²) < 4.78 is 13.2. The fourth-order valence-electron chi connectivity index (χ4n) is 1.23. The monoisotopic (exact) mass is 214 g/mol. The van der Waals surface area contributed by atoms with Gasteiger partial charge in [-0.25, -0.2) is 4.39 Å². The molecule has 3 N–H and O–H groups in total. The second-order valence-electron chi connectivity index (χ2n) is 3.18. The van der Waals surface area contributed by atoms with E-state index in [1.54, 1.807) is 24.8 Å². The third-order valence-electron chi connectivity index (χ3n) is 2.13. The summed E-state index contributed by atoms with van der Waals surface area (Å²) in [4.78, 5) is 0. The van der Waals surface area contributed by atoms with E-state index in [0.717, 1.165) is 11.3 Å². The first-order valence-electron chi connectivity index (χ1n) is 4.40. The maximum absolute atomic E-state index is 13.2. The van der Waals surface area contributed by atoms with Gasteiger partial charge in [0, 0.05) is 5.75 Å². The van der Waals surface area contributed by atoms with Crippen LogP contribution in [-0.4, -0.2) is 12.0 Å². The Kier molecular flexibility index (Phi) is 4.38. The third-order valence-corrected chi connectivity index (χ3v) is 2.80. The Hall–Kier alpha value is -0.580. The van der Waals surface area contributed by atoms with Gasteiger partial charge >= 0.3 is 0 Å². The van der Waals surface area contributed by atoms with E-state index in [2.05, 4.69) is 5.43 Å². The summed E-state index contributed by atoms with van der Waals surface area (Å²) in [6.07, 6.45) is 1.99. The molecule has 0 heterocycles. The molecule has 0 bridgehead atoms. The molecule has 0 saturated carbocycles. The van der Waals surface area contributed by atoms with Gasteiger partial charge in [-0.2, -0.15) is 11.8 Å². The van der Waals surface area contributed by atoms with Crippen LogP contribution in [0.2, 0.25) is 0 Å². The Bertz CT molecular complexity index is 304. The lowest BCUT2D eigenvalue weighted by molar-refractivity contribution is 0.587. The molecule has 0 spiro atoms. The lowest BCUT2D eigenvalue weighted by Gasteiger charge is -2.15. The van der Waals surface area contributed by atoms with Crippen molar-refractivity contribution in [3.05, 3.63) is 35.1 Å². The average molecular weight is 214 g/mol. The van der Waals surface area contributed by atoms with Gasteiger partial charge in [0.25, 0.3) is 0 Å². The molecule has 4 heteroatoms. The van der Waals surface area contributed by atoms with Crippen molar-refractivity contribution in [1.82, 2.24) is 5.43 Å². The Labute approximate surface area is 88.0 Å². The van der Waals surface area contributed by atoms with Gasteiger partial charge in [0.2, 0.25) is 0 Å². The molecule has 1 aromatic rings. The van der Waals surface area contributed by atoms with Gasteiger partial charge in [-0.1, -0.05) is 12.1 Å². The number of nitrogens with one attached hydrogen (secondary N) is 1. The number of thioether (sulfide) groups is 1. The molecule has 0 aromatic heterocycles. The Balaban J connectivity index is 2.88. The first-order chi connectivity index (χ1) is 6.69. The molecule has 0 aliphatic carbocycles. The molecule has 0 radical (unpaired) electrons. The largest absolute Gasteiger partial charge is 0.271 e. The molecular formula is C10H15FN2S. The van der Waals surface area contributed by atoms with Crippen LogP contribution in [-0.2, 0) is 0 Å². The lowest BCUT2D eigenvalue weighted by atomic mass is 10.1. The van der Waals surface area contributed by atoms with Crippen LogP contribution in [0.5, 0.6) is 0 Å². The number of hydrazine groups is 1. The molecule has 1 unspecified atom stereocenters. The molecule has 78 valence electrons. The SMILES string of the molecule is CSCC(NN)c1ccc(C)c(F)c1. The molecule has 0 saturated heterocycles. The first-order valence-corrected chi connectivity index (χ1v) is 5.79. The minimum absolute atomic E-state index is 0.0140. The highest BCUT2D eigenvalue weighted by Gasteiger charge is 2.10. The van der Waals surface area contributed by atoms with Crippen molar-refractivity contribution < 1.29 is 4.39 Å². The Morgan fingerprint density at radius 1 is 1.57 bits per heavy atom. The number of hydrogen-bond acceptors (Lipinski definition) is 3. The molecule has 0 aliphatic heterocycles. The van der Waals surface area contributed by atoms with E-state index in [1.165, 1.54) is 6.07 Å². The van der Waals surface area contributed by atoms with Crippen molar-refractivity contribution in [1.29, 1.82) is 0 Å². The number of benzene rings is 1. The molecule has 1 rings (SSSR count). The van der Waals surface area contributed by atoms with Crippen LogP contribution in [0.1, 0.15) is 17.2 Å². The van der Waals surface area contributed by atoms with Crippen molar-refractivity contribution in [3.63, 3.8) is 0 Å². The van der Waals surface area contributed by atoms with Gasteiger partial charge in [-0.3, -0.25) is 11.3 Å². The minimum Gasteiger partial charge on any atom is -0.271 e. The predicted molar refractivity (Wildman–Crippen MR) is 59.6 cm³/mol. The van der Waals surface area contributed by atoms with Gasteiger partial charge in [0.15, 0.2) is 0 Å². The maximum atomic E-state index is 13.2. The van der Waals surface area contributed by atoms with Crippen LogP contribution in [0.25, 0.3) is 0 Å². The molecule has 2 nitrogen and oxygen atoms in total. The van der Waals surface area contributed by atoms with E-state index >= 15 is 0 Å². The fraction of sp³-hybridized carbons (Fsp3) is 0.400. The fourth-order valence-corrected chi connectivity index (χ4v) is 1.86. The molecule has 0 fully saturated rings. The van der Waals surface area contributed by atoms with E-state index in [0.29, 0.717) is 5.56 Å². The average Bonchev–Trinajstić information content (AvgIpc) is 2.19. The number of hydrogen-bond donors (Lipinski definition) is 2. The molecular weight excluding hydrogens is 199 g/mol. The molecule has 1 atom stereocenters. The third kappa shape index (κ3) is 2.70. The summed E-state index contributed by atoms with van der Waals surface area (Å²) in [5, 5.41) is 0. The van der Waals surface area contributed by atoms with Crippen LogP contribution in [0.15, 0.2) is 18.2 Å². The summed E-state index contributed by atoms with van der Waals surface area (Å²) in [5.41, 5.74) is 4.23. The zero-order valence-electron chi connectivity index (χ0n) is 8.38. The number of aryl methyl sites for hydroxylation is 1. The molecule has 1 aromatic carbocycles. The summed E-state index contributed by atoms with van der Waals surface area (Å²) in [6, 6.07) is 5.23. The topological polar surface area (TPSA) is 38.0 Å². The standard InChI is InChI=1S/C10H15FN2S/c1-7-3-4-8(5-9(7)11)10(13-12)6-14-2/h3-5,10,13H,6,12H2,1-2H3. The molecule has 0 amide bonds. The highest BCUT2D eigenvalue weighted by atomic mass is 32.2. The minimum atomic E-state index is -0.177. The molecule has 14 heavy (non-hydrogen) atoms. The Morgan fingerprint density at radius 2 is 2.29 bits per heavy atom. The maximum Gasteiger partial charge on any atom is 0.126 e. The highest BCUT2D eigenvalue weighted by molar-refractivity contribution is 7.98. The smallest absolute Gasteiger partial charge is 0.126 e. The van der Waals surface area contributed by atoms with Crippen molar-refractivity contribution in [3.8, 4) is 0 Å². The second kappa shape index (κ2) is 5.34. The van der Waals surface area contributed by atoms with Crippen LogP contribution in [0, 0.1) is 12.7 Å². The van der Waals surface area contributed by atoms with E-state index < -0.39 is 0 Å². The summed E-state index contributed by atoms with van der Waals surface area (Å²) >= 11 is 1.67.